The largest absolute Gasteiger partial charge is 0.462 e. The Balaban J connectivity index is 1.82. The number of carbonyl (C=O) groups is 2. The molecule has 0 aliphatic rings. The van der Waals surface area contributed by atoms with Crippen LogP contribution in [-0.2, 0) is 4.74 Å². The van der Waals surface area contributed by atoms with E-state index in [4.69, 9.17) is 4.74 Å². The van der Waals surface area contributed by atoms with Crippen molar-refractivity contribution in [1.29, 1.82) is 0 Å². The minimum atomic E-state index is -0.377. The van der Waals surface area contributed by atoms with Gasteiger partial charge in [-0.05, 0) is 38.1 Å². The van der Waals surface area contributed by atoms with Gasteiger partial charge in [-0.25, -0.2) is 14.6 Å². The quantitative estimate of drug-likeness (QED) is 0.802. The third-order valence-corrected chi connectivity index (χ3v) is 3.25. The molecule has 0 spiro atoms. The zero-order valence-corrected chi connectivity index (χ0v) is 13.2. The molecule has 2 amide bonds. The van der Waals surface area contributed by atoms with Crippen molar-refractivity contribution in [2.24, 2.45) is 0 Å². The van der Waals surface area contributed by atoms with Crippen LogP contribution < -0.4 is 10.6 Å². The van der Waals surface area contributed by atoms with Crippen molar-refractivity contribution in [3.05, 3.63) is 48.5 Å². The molecular formula is C16H20N4O3. The van der Waals surface area contributed by atoms with E-state index in [-0.39, 0.29) is 18.0 Å². The Labute approximate surface area is 134 Å². The Morgan fingerprint density at radius 1 is 1.30 bits per heavy atom. The number of carbonyl (C=O) groups excluding carboxylic acids is 2. The SMILES string of the molecule is CCOC(=O)c1ccc(NC(=O)NC[C@@H](C)n2ccnc2)cc1. The summed E-state index contributed by atoms with van der Waals surface area (Å²) < 4.78 is 6.81. The topological polar surface area (TPSA) is 85.2 Å². The molecule has 0 aliphatic carbocycles. The maximum atomic E-state index is 11.9. The predicted octanol–water partition coefficient (Wildman–Crippen LogP) is 2.44. The summed E-state index contributed by atoms with van der Waals surface area (Å²) in [6, 6.07) is 6.34. The molecule has 0 bridgehead atoms. The minimum Gasteiger partial charge on any atom is -0.462 e. The summed E-state index contributed by atoms with van der Waals surface area (Å²) in [7, 11) is 0. The molecule has 1 aromatic heterocycles. The number of esters is 1. The molecule has 7 nitrogen and oxygen atoms in total. The second kappa shape index (κ2) is 7.98. The molecule has 0 aliphatic heterocycles. The number of benzene rings is 1. The van der Waals surface area contributed by atoms with Gasteiger partial charge in [-0.15, -0.1) is 0 Å². The number of hydrogen-bond acceptors (Lipinski definition) is 4. The molecule has 122 valence electrons. The van der Waals surface area contributed by atoms with Crippen LogP contribution in [0.15, 0.2) is 43.0 Å². The second-order valence-electron chi connectivity index (χ2n) is 4.99. The monoisotopic (exact) mass is 316 g/mol. The molecule has 0 fully saturated rings. The van der Waals surface area contributed by atoms with Gasteiger partial charge in [-0.3, -0.25) is 0 Å². The number of aromatic nitrogens is 2. The van der Waals surface area contributed by atoms with E-state index in [9.17, 15) is 9.59 Å². The molecule has 0 unspecified atom stereocenters. The number of nitrogens with one attached hydrogen (secondary N) is 2. The molecule has 0 radical (unpaired) electrons. The van der Waals surface area contributed by atoms with Crippen LogP contribution in [0.25, 0.3) is 0 Å². The van der Waals surface area contributed by atoms with E-state index in [0.717, 1.165) is 0 Å². The van der Waals surface area contributed by atoms with Gasteiger partial charge >= 0.3 is 12.0 Å². The lowest BCUT2D eigenvalue weighted by Gasteiger charge is -2.14. The number of imidazole rings is 1. The zero-order chi connectivity index (χ0) is 16.7. The fraction of sp³-hybridized carbons (Fsp3) is 0.312. The molecule has 1 heterocycles. The highest BCUT2D eigenvalue weighted by molar-refractivity contribution is 5.92. The van der Waals surface area contributed by atoms with Crippen LogP contribution in [0.2, 0.25) is 0 Å². The summed E-state index contributed by atoms with van der Waals surface area (Å²) in [5.41, 5.74) is 1.05. The van der Waals surface area contributed by atoms with Crippen molar-refractivity contribution in [3.8, 4) is 0 Å². The Morgan fingerprint density at radius 2 is 2.04 bits per heavy atom. The lowest BCUT2D eigenvalue weighted by Crippen LogP contribution is -2.33. The zero-order valence-electron chi connectivity index (χ0n) is 13.2. The summed E-state index contributed by atoms with van der Waals surface area (Å²) in [5.74, 6) is -0.377. The average molecular weight is 316 g/mol. The summed E-state index contributed by atoms with van der Waals surface area (Å²) in [6.45, 7) is 4.54. The Bertz CT molecular complexity index is 638. The van der Waals surface area contributed by atoms with Crippen LogP contribution in [0.5, 0.6) is 0 Å². The Hall–Kier alpha value is -2.83. The number of rotatable bonds is 6. The van der Waals surface area contributed by atoms with Crippen molar-refractivity contribution in [1.82, 2.24) is 14.9 Å². The lowest BCUT2D eigenvalue weighted by molar-refractivity contribution is 0.0526. The Morgan fingerprint density at radius 3 is 2.65 bits per heavy atom. The van der Waals surface area contributed by atoms with E-state index in [0.29, 0.717) is 24.4 Å². The molecule has 2 rings (SSSR count). The predicted molar refractivity (Wildman–Crippen MR) is 86.4 cm³/mol. The first kappa shape index (κ1) is 16.5. The fourth-order valence-corrected chi connectivity index (χ4v) is 1.96. The van der Waals surface area contributed by atoms with Crippen LogP contribution in [0.4, 0.5) is 10.5 Å². The third kappa shape index (κ3) is 4.84. The van der Waals surface area contributed by atoms with E-state index < -0.39 is 0 Å². The van der Waals surface area contributed by atoms with Crippen LogP contribution in [0.3, 0.4) is 0 Å². The molecule has 1 atom stereocenters. The molecule has 0 saturated carbocycles. The van der Waals surface area contributed by atoms with Gasteiger partial charge in [-0.1, -0.05) is 0 Å². The van der Waals surface area contributed by atoms with Crippen LogP contribution in [-0.4, -0.2) is 34.7 Å². The van der Waals surface area contributed by atoms with Gasteiger partial charge in [0.2, 0.25) is 0 Å². The Kier molecular flexibility index (Phi) is 5.74. The number of hydrogen-bond donors (Lipinski definition) is 2. The molecule has 0 saturated heterocycles. The molecule has 23 heavy (non-hydrogen) atoms. The highest BCUT2D eigenvalue weighted by atomic mass is 16.5. The van der Waals surface area contributed by atoms with Gasteiger partial charge in [0.1, 0.15) is 0 Å². The molecule has 2 aromatic rings. The van der Waals surface area contributed by atoms with E-state index in [1.807, 2.05) is 17.7 Å². The number of anilines is 1. The normalized spacial score (nSPS) is 11.6. The maximum absolute atomic E-state index is 11.9. The van der Waals surface area contributed by atoms with Gasteiger partial charge in [-0.2, -0.15) is 0 Å². The first-order chi connectivity index (χ1) is 11.1. The van der Waals surface area contributed by atoms with E-state index in [1.165, 1.54) is 0 Å². The van der Waals surface area contributed by atoms with Gasteiger partial charge in [0.25, 0.3) is 0 Å². The first-order valence-corrected chi connectivity index (χ1v) is 7.39. The lowest BCUT2D eigenvalue weighted by atomic mass is 10.2. The summed E-state index contributed by atoms with van der Waals surface area (Å²) in [5, 5.41) is 5.50. The van der Waals surface area contributed by atoms with E-state index in [2.05, 4.69) is 15.6 Å². The smallest absolute Gasteiger partial charge is 0.338 e. The van der Waals surface area contributed by atoms with Crippen LogP contribution in [0, 0.1) is 0 Å². The van der Waals surface area contributed by atoms with E-state index in [1.54, 1.807) is 43.7 Å². The third-order valence-electron chi connectivity index (χ3n) is 3.25. The number of nitrogens with zero attached hydrogens (tertiary/aromatic N) is 2. The van der Waals surface area contributed by atoms with E-state index >= 15 is 0 Å². The number of ether oxygens (including phenoxy) is 1. The van der Waals surface area contributed by atoms with Gasteiger partial charge < -0.3 is 19.9 Å². The molecule has 2 N–H and O–H groups in total. The number of urea groups is 1. The summed E-state index contributed by atoms with van der Waals surface area (Å²) in [4.78, 5) is 27.4. The van der Waals surface area contributed by atoms with Gasteiger partial charge in [0.15, 0.2) is 0 Å². The van der Waals surface area contributed by atoms with Gasteiger partial charge in [0.05, 0.1) is 18.5 Å². The van der Waals surface area contributed by atoms with Crippen molar-refractivity contribution in [2.45, 2.75) is 19.9 Å². The summed E-state index contributed by atoms with van der Waals surface area (Å²) in [6.07, 6.45) is 5.25. The van der Waals surface area contributed by atoms with Crippen LogP contribution >= 0.6 is 0 Å². The maximum Gasteiger partial charge on any atom is 0.338 e. The van der Waals surface area contributed by atoms with Crippen molar-refractivity contribution in [2.75, 3.05) is 18.5 Å². The number of amides is 2. The minimum absolute atomic E-state index is 0.106. The van der Waals surface area contributed by atoms with Crippen molar-refractivity contribution < 1.29 is 14.3 Å². The standard InChI is InChI=1S/C16H20N4O3/c1-3-23-15(21)13-4-6-14(7-5-13)19-16(22)18-10-12(2)20-9-8-17-11-20/h4-9,11-12H,3,10H2,1-2H3,(H2,18,19,22)/t12-/m1/s1. The first-order valence-electron chi connectivity index (χ1n) is 7.39. The highest BCUT2D eigenvalue weighted by Gasteiger charge is 2.08. The van der Waals surface area contributed by atoms with Crippen molar-refractivity contribution in [3.63, 3.8) is 0 Å². The van der Waals surface area contributed by atoms with Crippen LogP contribution in [0.1, 0.15) is 30.2 Å². The fourth-order valence-electron chi connectivity index (χ4n) is 1.96. The highest BCUT2D eigenvalue weighted by Crippen LogP contribution is 2.10. The second-order valence-corrected chi connectivity index (χ2v) is 4.99. The molecule has 1 aromatic carbocycles. The van der Waals surface area contributed by atoms with Crippen molar-refractivity contribution >= 4 is 17.7 Å². The average Bonchev–Trinajstić information content (AvgIpc) is 3.08. The summed E-state index contributed by atoms with van der Waals surface area (Å²) >= 11 is 0. The molecular weight excluding hydrogens is 296 g/mol. The van der Waals surface area contributed by atoms with Gasteiger partial charge in [0, 0.05) is 30.7 Å². The molecule has 7 heteroatoms.